The molecule has 0 bridgehead atoms. The van der Waals surface area contributed by atoms with E-state index in [0.29, 0.717) is 5.92 Å². The van der Waals surface area contributed by atoms with Crippen molar-refractivity contribution in [2.45, 2.75) is 33.7 Å². The molecule has 0 unspecified atom stereocenters. The molecule has 0 saturated carbocycles. The largest absolute Gasteiger partial charge is 0.494 e. The van der Waals surface area contributed by atoms with Crippen LogP contribution in [-0.4, -0.2) is 26.4 Å². The van der Waals surface area contributed by atoms with Gasteiger partial charge in [-0.25, -0.2) is 0 Å². The number of hydrogen-bond acceptors (Lipinski definition) is 3. The molecular weight excluding hydrogens is 238 g/mol. The first-order valence-electron chi connectivity index (χ1n) is 7.22. The fourth-order valence-corrected chi connectivity index (χ4v) is 1.64. The van der Waals surface area contributed by atoms with Gasteiger partial charge in [-0.3, -0.25) is 0 Å². The monoisotopic (exact) mass is 265 g/mol. The maximum atomic E-state index is 5.69. The van der Waals surface area contributed by atoms with Crippen molar-refractivity contribution in [2.75, 3.05) is 26.4 Å². The zero-order chi connectivity index (χ0) is 13.9. The Bertz CT molecular complexity index is 322. The Morgan fingerprint density at radius 2 is 1.84 bits per heavy atom. The number of nitrogens with one attached hydrogen (secondary N) is 1. The average Bonchev–Trinajstić information content (AvgIpc) is 2.40. The molecule has 0 aliphatic carbocycles. The second-order valence-corrected chi connectivity index (χ2v) is 5.05. The summed E-state index contributed by atoms with van der Waals surface area (Å²) in [6.45, 7) is 10.5. The Morgan fingerprint density at radius 1 is 1.11 bits per heavy atom. The van der Waals surface area contributed by atoms with Crippen LogP contribution in [0.25, 0.3) is 0 Å². The second-order valence-electron chi connectivity index (χ2n) is 5.05. The van der Waals surface area contributed by atoms with Crippen LogP contribution >= 0.6 is 0 Å². The Hall–Kier alpha value is -1.06. The van der Waals surface area contributed by atoms with Crippen LogP contribution in [0.3, 0.4) is 0 Å². The molecule has 0 heterocycles. The van der Waals surface area contributed by atoms with Gasteiger partial charge in [0.25, 0.3) is 0 Å². The highest BCUT2D eigenvalue weighted by atomic mass is 16.5. The van der Waals surface area contributed by atoms with Crippen LogP contribution < -0.4 is 10.1 Å². The molecule has 0 amide bonds. The van der Waals surface area contributed by atoms with E-state index in [1.807, 2.05) is 19.1 Å². The Morgan fingerprint density at radius 3 is 2.47 bits per heavy atom. The van der Waals surface area contributed by atoms with Crippen molar-refractivity contribution < 1.29 is 9.47 Å². The topological polar surface area (TPSA) is 30.5 Å². The van der Waals surface area contributed by atoms with Crippen molar-refractivity contribution in [3.63, 3.8) is 0 Å². The van der Waals surface area contributed by atoms with Crippen molar-refractivity contribution in [3.8, 4) is 5.75 Å². The van der Waals surface area contributed by atoms with Gasteiger partial charge in [0.15, 0.2) is 0 Å². The van der Waals surface area contributed by atoms with Crippen molar-refractivity contribution in [1.29, 1.82) is 0 Å². The maximum Gasteiger partial charge on any atom is 0.119 e. The van der Waals surface area contributed by atoms with E-state index in [4.69, 9.17) is 9.47 Å². The summed E-state index contributed by atoms with van der Waals surface area (Å²) in [7, 11) is 0. The Kier molecular flexibility index (Phi) is 8.26. The lowest BCUT2D eigenvalue weighted by molar-refractivity contribution is 0.149. The van der Waals surface area contributed by atoms with E-state index < -0.39 is 0 Å². The van der Waals surface area contributed by atoms with Crippen molar-refractivity contribution in [2.24, 2.45) is 5.92 Å². The molecule has 0 fully saturated rings. The molecule has 0 radical (unpaired) electrons. The molecule has 3 heteroatoms. The lowest BCUT2D eigenvalue weighted by atomic mass is 10.1. The zero-order valence-electron chi connectivity index (χ0n) is 12.4. The molecule has 0 spiro atoms. The molecule has 0 aliphatic heterocycles. The van der Waals surface area contributed by atoms with Crippen molar-refractivity contribution in [1.82, 2.24) is 5.32 Å². The lowest BCUT2D eigenvalue weighted by Gasteiger charge is -2.09. The van der Waals surface area contributed by atoms with Crippen LogP contribution in [-0.2, 0) is 11.3 Å². The van der Waals surface area contributed by atoms with E-state index in [1.165, 1.54) is 5.56 Å². The molecule has 19 heavy (non-hydrogen) atoms. The van der Waals surface area contributed by atoms with Gasteiger partial charge in [0, 0.05) is 19.7 Å². The van der Waals surface area contributed by atoms with Crippen LogP contribution in [0, 0.1) is 5.92 Å². The highest BCUT2D eigenvalue weighted by molar-refractivity contribution is 5.27. The molecule has 1 aromatic carbocycles. The molecule has 0 saturated heterocycles. The highest BCUT2D eigenvalue weighted by Crippen LogP contribution is 2.13. The lowest BCUT2D eigenvalue weighted by Crippen LogP contribution is -2.19. The number of rotatable bonds is 10. The molecule has 108 valence electrons. The second kappa shape index (κ2) is 9.82. The van der Waals surface area contributed by atoms with Gasteiger partial charge in [-0.15, -0.1) is 0 Å². The van der Waals surface area contributed by atoms with E-state index >= 15 is 0 Å². The Balaban J connectivity index is 2.19. The van der Waals surface area contributed by atoms with Crippen LogP contribution in [0.2, 0.25) is 0 Å². The summed E-state index contributed by atoms with van der Waals surface area (Å²) in [6, 6.07) is 8.30. The van der Waals surface area contributed by atoms with E-state index in [1.54, 1.807) is 0 Å². The first-order chi connectivity index (χ1) is 9.22. The quantitative estimate of drug-likeness (QED) is 0.659. The Labute approximate surface area is 117 Å². The summed E-state index contributed by atoms with van der Waals surface area (Å²) in [4.78, 5) is 0. The first kappa shape index (κ1) is 16.0. The van der Waals surface area contributed by atoms with Crippen molar-refractivity contribution >= 4 is 0 Å². The fourth-order valence-electron chi connectivity index (χ4n) is 1.64. The summed E-state index contributed by atoms with van der Waals surface area (Å²) in [5.41, 5.74) is 1.27. The first-order valence-corrected chi connectivity index (χ1v) is 7.22. The average molecular weight is 265 g/mol. The van der Waals surface area contributed by atoms with E-state index in [9.17, 15) is 0 Å². The van der Waals surface area contributed by atoms with Gasteiger partial charge in [-0.1, -0.05) is 26.0 Å². The molecule has 1 rings (SSSR count). The minimum Gasteiger partial charge on any atom is -0.494 e. The summed E-state index contributed by atoms with van der Waals surface area (Å²) >= 11 is 0. The van der Waals surface area contributed by atoms with Gasteiger partial charge >= 0.3 is 0 Å². The molecule has 0 atom stereocenters. The van der Waals surface area contributed by atoms with Gasteiger partial charge in [-0.05, 0) is 37.0 Å². The third kappa shape index (κ3) is 7.85. The number of ether oxygens (including phenoxy) is 2. The summed E-state index contributed by atoms with van der Waals surface area (Å²) in [6.07, 6.45) is 1.10. The third-order valence-electron chi connectivity index (χ3n) is 2.84. The maximum absolute atomic E-state index is 5.69. The van der Waals surface area contributed by atoms with Gasteiger partial charge in [-0.2, -0.15) is 0 Å². The zero-order valence-corrected chi connectivity index (χ0v) is 12.4. The van der Waals surface area contributed by atoms with E-state index in [2.05, 4.69) is 31.3 Å². The van der Waals surface area contributed by atoms with E-state index in [0.717, 1.165) is 45.1 Å². The number of hydrogen-bond donors (Lipinski definition) is 1. The van der Waals surface area contributed by atoms with E-state index in [-0.39, 0.29) is 0 Å². The van der Waals surface area contributed by atoms with Crippen LogP contribution in [0.15, 0.2) is 24.3 Å². The standard InChI is InChI=1S/C16H27NO2/c1-4-18-12-10-17-13-15-5-7-16(8-6-15)19-11-9-14(2)3/h5-8,14,17H,4,9-13H2,1-3H3. The molecule has 0 aromatic heterocycles. The van der Waals surface area contributed by atoms with Gasteiger partial charge in [0.1, 0.15) is 5.75 Å². The summed E-state index contributed by atoms with van der Waals surface area (Å²) in [5, 5.41) is 3.35. The van der Waals surface area contributed by atoms with Crippen LogP contribution in [0.1, 0.15) is 32.8 Å². The molecule has 1 N–H and O–H groups in total. The summed E-state index contributed by atoms with van der Waals surface area (Å²) in [5.74, 6) is 1.65. The van der Waals surface area contributed by atoms with Gasteiger partial charge < -0.3 is 14.8 Å². The highest BCUT2D eigenvalue weighted by Gasteiger charge is 1.98. The molecule has 0 aliphatic rings. The molecule has 1 aromatic rings. The SMILES string of the molecule is CCOCCNCc1ccc(OCCC(C)C)cc1. The third-order valence-corrected chi connectivity index (χ3v) is 2.84. The minimum atomic E-state index is 0.689. The predicted octanol–water partition coefficient (Wildman–Crippen LogP) is 3.24. The summed E-state index contributed by atoms with van der Waals surface area (Å²) < 4.78 is 11.0. The molecule has 3 nitrogen and oxygen atoms in total. The minimum absolute atomic E-state index is 0.689. The number of benzene rings is 1. The van der Waals surface area contributed by atoms with Gasteiger partial charge in [0.2, 0.25) is 0 Å². The predicted molar refractivity (Wildman–Crippen MR) is 79.6 cm³/mol. The van der Waals surface area contributed by atoms with Crippen molar-refractivity contribution in [3.05, 3.63) is 29.8 Å². The molecular formula is C16H27NO2. The van der Waals surface area contributed by atoms with Crippen LogP contribution in [0.4, 0.5) is 0 Å². The smallest absolute Gasteiger partial charge is 0.119 e. The fraction of sp³-hybridized carbons (Fsp3) is 0.625. The normalized spacial score (nSPS) is 10.9. The van der Waals surface area contributed by atoms with Crippen LogP contribution in [0.5, 0.6) is 5.75 Å². The van der Waals surface area contributed by atoms with Gasteiger partial charge in [0.05, 0.1) is 13.2 Å².